The van der Waals surface area contributed by atoms with Crippen LogP contribution in [0, 0.1) is 0 Å². The molecule has 0 aliphatic rings. The van der Waals surface area contributed by atoms with Gasteiger partial charge >= 0.3 is 0 Å². The van der Waals surface area contributed by atoms with Crippen LogP contribution in [-0.4, -0.2) is 23.4 Å². The molecule has 8 heteroatoms. The first-order chi connectivity index (χ1) is 13.3. The molecule has 0 amide bonds. The third-order valence-electron chi connectivity index (χ3n) is 4.25. The van der Waals surface area contributed by atoms with Crippen LogP contribution in [-0.2, 0) is 20.0 Å². The first-order valence-corrected chi connectivity index (χ1v) is 11.9. The van der Waals surface area contributed by atoms with Crippen molar-refractivity contribution < 1.29 is 16.8 Å². The maximum Gasteiger partial charge on any atom is 0.261 e. The maximum absolute atomic E-state index is 12.7. The predicted octanol–water partition coefficient (Wildman–Crippen LogP) is 3.72. The van der Waals surface area contributed by atoms with Gasteiger partial charge in [-0.25, -0.2) is 21.6 Å². The number of benzene rings is 3. The molecule has 28 heavy (non-hydrogen) atoms. The summed E-state index contributed by atoms with van der Waals surface area (Å²) in [6.07, 6.45) is 1.60. The smallest absolute Gasteiger partial charge is 0.261 e. The molecule has 6 nitrogen and oxygen atoms in total. The van der Waals surface area contributed by atoms with E-state index in [-0.39, 0.29) is 15.5 Å². The van der Waals surface area contributed by atoms with Crippen LogP contribution in [0.5, 0.6) is 0 Å². The van der Waals surface area contributed by atoms with Crippen LogP contribution < -0.4 is 9.44 Å². The number of fused-ring (bicyclic) bond motifs is 1. The van der Waals surface area contributed by atoms with Crippen molar-refractivity contribution in [3.63, 3.8) is 0 Å². The monoisotopic (exact) mass is 418 g/mol. The number of sulfonamides is 2. The van der Waals surface area contributed by atoms with Crippen LogP contribution in [0.1, 0.15) is 19.8 Å². The molecule has 0 heterocycles. The fourth-order valence-electron chi connectivity index (χ4n) is 2.74. The molecule has 2 N–H and O–H groups in total. The van der Waals surface area contributed by atoms with E-state index in [1.165, 1.54) is 30.3 Å². The minimum atomic E-state index is -3.85. The zero-order valence-corrected chi connectivity index (χ0v) is 17.1. The Morgan fingerprint density at radius 3 is 2.21 bits per heavy atom. The highest BCUT2D eigenvalue weighted by atomic mass is 32.2. The second-order valence-electron chi connectivity index (χ2n) is 6.39. The van der Waals surface area contributed by atoms with Gasteiger partial charge in [0.1, 0.15) is 0 Å². The maximum atomic E-state index is 12.7. The summed E-state index contributed by atoms with van der Waals surface area (Å²) in [5.41, 5.74) is 0.187. The second kappa shape index (κ2) is 8.30. The quantitative estimate of drug-likeness (QED) is 0.545. The van der Waals surface area contributed by atoms with Crippen LogP contribution in [0.15, 0.2) is 76.5 Å². The molecular formula is C20H22N2O4S2. The van der Waals surface area contributed by atoms with Gasteiger partial charge in [-0.15, -0.1) is 0 Å². The number of anilines is 1. The molecule has 0 saturated heterocycles. The Labute approximate surface area is 165 Å². The van der Waals surface area contributed by atoms with Crippen molar-refractivity contribution in [2.75, 3.05) is 11.3 Å². The Morgan fingerprint density at radius 2 is 1.46 bits per heavy atom. The van der Waals surface area contributed by atoms with Crippen molar-refractivity contribution >= 4 is 36.5 Å². The fraction of sp³-hybridized carbons (Fsp3) is 0.200. The van der Waals surface area contributed by atoms with Crippen LogP contribution >= 0.6 is 0 Å². The normalized spacial score (nSPS) is 12.2. The first-order valence-electron chi connectivity index (χ1n) is 8.93. The molecule has 3 rings (SSSR count). The Kier molecular flexibility index (Phi) is 6.02. The average Bonchev–Trinajstić information content (AvgIpc) is 2.67. The van der Waals surface area contributed by atoms with Crippen LogP contribution in [0.25, 0.3) is 10.8 Å². The van der Waals surface area contributed by atoms with Crippen molar-refractivity contribution in [3.05, 3.63) is 66.7 Å². The first kappa shape index (κ1) is 20.3. The Balaban J connectivity index is 1.86. The van der Waals surface area contributed by atoms with E-state index in [9.17, 15) is 16.8 Å². The van der Waals surface area contributed by atoms with Gasteiger partial charge in [0.15, 0.2) is 0 Å². The molecule has 0 bridgehead atoms. The predicted molar refractivity (Wildman–Crippen MR) is 111 cm³/mol. The third kappa shape index (κ3) is 4.70. The molecule has 3 aromatic carbocycles. The van der Waals surface area contributed by atoms with E-state index >= 15 is 0 Å². The standard InChI is InChI=1S/C20H22N2O4S2/c1-2-3-13-21-27(23,24)19-10-6-9-18(15-19)22-28(25,26)20-12-11-16-7-4-5-8-17(16)14-20/h4-12,14-15,21-22H,2-3,13H2,1H3. The van der Waals surface area contributed by atoms with Gasteiger partial charge in [-0.3, -0.25) is 4.72 Å². The number of hydrogen-bond acceptors (Lipinski definition) is 4. The molecule has 0 saturated carbocycles. The van der Waals surface area contributed by atoms with Crippen LogP contribution in [0.2, 0.25) is 0 Å². The van der Waals surface area contributed by atoms with Crippen molar-refractivity contribution in [3.8, 4) is 0 Å². The number of nitrogens with one attached hydrogen (secondary N) is 2. The number of rotatable bonds is 8. The molecule has 0 aromatic heterocycles. The van der Waals surface area contributed by atoms with Gasteiger partial charge in [0.05, 0.1) is 15.5 Å². The Hall–Kier alpha value is -2.42. The zero-order chi connectivity index (χ0) is 20.2. The van der Waals surface area contributed by atoms with Gasteiger partial charge in [-0.1, -0.05) is 49.7 Å². The van der Waals surface area contributed by atoms with Crippen LogP contribution in [0.4, 0.5) is 5.69 Å². The minimum absolute atomic E-state index is 0.0160. The third-order valence-corrected chi connectivity index (χ3v) is 7.09. The lowest BCUT2D eigenvalue weighted by atomic mass is 10.1. The van der Waals surface area contributed by atoms with E-state index in [2.05, 4.69) is 9.44 Å². The van der Waals surface area contributed by atoms with Gasteiger partial charge in [0.25, 0.3) is 10.0 Å². The van der Waals surface area contributed by atoms with Gasteiger partial charge in [-0.05, 0) is 47.5 Å². The van der Waals surface area contributed by atoms with Gasteiger partial charge in [0, 0.05) is 6.54 Å². The number of unbranched alkanes of at least 4 members (excludes halogenated alkanes) is 1. The van der Waals surface area contributed by atoms with E-state index in [0.717, 1.165) is 23.6 Å². The number of hydrogen-bond donors (Lipinski definition) is 2. The highest BCUT2D eigenvalue weighted by Gasteiger charge is 2.18. The van der Waals surface area contributed by atoms with Crippen LogP contribution in [0.3, 0.4) is 0 Å². The molecule has 0 atom stereocenters. The summed E-state index contributed by atoms with van der Waals surface area (Å²) in [6.45, 7) is 2.31. The summed E-state index contributed by atoms with van der Waals surface area (Å²) in [5, 5.41) is 1.74. The fourth-order valence-corrected chi connectivity index (χ4v) is 4.95. The van der Waals surface area contributed by atoms with E-state index in [1.807, 2.05) is 31.2 Å². The Morgan fingerprint density at radius 1 is 0.750 bits per heavy atom. The minimum Gasteiger partial charge on any atom is -0.280 e. The average molecular weight is 419 g/mol. The molecule has 0 aliphatic carbocycles. The molecule has 0 spiro atoms. The van der Waals surface area contributed by atoms with Crippen molar-refractivity contribution in [1.82, 2.24) is 4.72 Å². The SMILES string of the molecule is CCCCNS(=O)(=O)c1cccc(NS(=O)(=O)c2ccc3ccccc3c2)c1. The summed E-state index contributed by atoms with van der Waals surface area (Å²) in [6, 6.07) is 18.1. The van der Waals surface area contributed by atoms with Gasteiger partial charge in [-0.2, -0.15) is 0 Å². The molecule has 0 radical (unpaired) electrons. The van der Waals surface area contributed by atoms with E-state index in [0.29, 0.717) is 6.54 Å². The van der Waals surface area contributed by atoms with Crippen molar-refractivity contribution in [2.24, 2.45) is 0 Å². The summed E-state index contributed by atoms with van der Waals surface area (Å²) < 4.78 is 55.2. The molecular weight excluding hydrogens is 396 g/mol. The van der Waals surface area contributed by atoms with Crippen molar-refractivity contribution in [2.45, 2.75) is 29.6 Å². The zero-order valence-electron chi connectivity index (χ0n) is 15.4. The second-order valence-corrected chi connectivity index (χ2v) is 9.84. The molecule has 0 fully saturated rings. The summed E-state index contributed by atoms with van der Waals surface area (Å²) in [7, 11) is -7.54. The lowest BCUT2D eigenvalue weighted by molar-refractivity contribution is 0.578. The highest BCUT2D eigenvalue weighted by molar-refractivity contribution is 7.92. The largest absolute Gasteiger partial charge is 0.280 e. The lowest BCUT2D eigenvalue weighted by Gasteiger charge is -2.11. The molecule has 0 unspecified atom stereocenters. The highest BCUT2D eigenvalue weighted by Crippen LogP contribution is 2.22. The molecule has 148 valence electrons. The van der Waals surface area contributed by atoms with E-state index in [4.69, 9.17) is 0 Å². The van der Waals surface area contributed by atoms with Crippen molar-refractivity contribution in [1.29, 1.82) is 0 Å². The topological polar surface area (TPSA) is 92.3 Å². The Bertz CT molecular complexity index is 1190. The summed E-state index contributed by atoms with van der Waals surface area (Å²) in [4.78, 5) is 0.128. The van der Waals surface area contributed by atoms with Gasteiger partial charge < -0.3 is 0 Å². The molecule has 0 aliphatic heterocycles. The lowest BCUT2D eigenvalue weighted by Crippen LogP contribution is -2.24. The van der Waals surface area contributed by atoms with E-state index in [1.54, 1.807) is 12.1 Å². The van der Waals surface area contributed by atoms with E-state index < -0.39 is 20.0 Å². The summed E-state index contributed by atoms with van der Waals surface area (Å²) >= 11 is 0. The summed E-state index contributed by atoms with van der Waals surface area (Å²) in [5.74, 6) is 0. The molecule has 3 aromatic rings. The van der Waals surface area contributed by atoms with Gasteiger partial charge in [0.2, 0.25) is 10.0 Å².